The zero-order valence-electron chi connectivity index (χ0n) is 17.3. The van der Waals surface area contributed by atoms with Gasteiger partial charge in [0.1, 0.15) is 0 Å². The summed E-state index contributed by atoms with van der Waals surface area (Å²) >= 11 is 0. The quantitative estimate of drug-likeness (QED) is 0.640. The molecule has 0 spiro atoms. The average Bonchev–Trinajstić information content (AvgIpc) is 2.74. The number of nitrogens with one attached hydrogen (secondary N) is 2. The fraction of sp³-hybridized carbons (Fsp3) is 0.364. The highest BCUT2D eigenvalue weighted by molar-refractivity contribution is 5.96. The van der Waals surface area contributed by atoms with Crippen molar-refractivity contribution in [3.63, 3.8) is 0 Å². The molecule has 0 unspecified atom stereocenters. The second-order valence-electron chi connectivity index (χ2n) is 6.06. The summed E-state index contributed by atoms with van der Waals surface area (Å²) in [5.74, 6) is 0.970. The van der Waals surface area contributed by atoms with Crippen LogP contribution < -0.4 is 24.8 Å². The Bertz CT molecular complexity index is 824. The van der Waals surface area contributed by atoms with Crippen molar-refractivity contribution in [3.05, 3.63) is 53.1 Å². The Balaban J connectivity index is 2.22. The van der Waals surface area contributed by atoms with Crippen LogP contribution in [0.15, 0.2) is 36.4 Å². The maximum atomic E-state index is 12.7. The van der Waals surface area contributed by atoms with Gasteiger partial charge in [-0.25, -0.2) is 0 Å². The number of amides is 2. The Morgan fingerprint density at radius 2 is 1.45 bits per heavy atom. The summed E-state index contributed by atoms with van der Waals surface area (Å²) in [6.45, 7) is 7.20. The van der Waals surface area contributed by atoms with E-state index in [0.29, 0.717) is 48.2 Å². The fourth-order valence-electron chi connectivity index (χ4n) is 2.77. The Kier molecular flexibility index (Phi) is 8.33. The minimum absolute atomic E-state index is 0.174. The summed E-state index contributed by atoms with van der Waals surface area (Å²) in [6.07, 6.45) is 0. The van der Waals surface area contributed by atoms with E-state index in [4.69, 9.17) is 14.2 Å². The van der Waals surface area contributed by atoms with Crippen molar-refractivity contribution < 1.29 is 23.8 Å². The van der Waals surface area contributed by atoms with E-state index in [-0.39, 0.29) is 18.4 Å². The van der Waals surface area contributed by atoms with Crippen LogP contribution in [0.5, 0.6) is 17.2 Å². The summed E-state index contributed by atoms with van der Waals surface area (Å²) in [4.78, 5) is 24.5. The lowest BCUT2D eigenvalue weighted by Crippen LogP contribution is -2.23. The molecule has 29 heavy (non-hydrogen) atoms. The molecule has 156 valence electrons. The zero-order valence-corrected chi connectivity index (χ0v) is 17.3. The average molecular weight is 400 g/mol. The van der Waals surface area contributed by atoms with E-state index in [9.17, 15) is 9.59 Å². The van der Waals surface area contributed by atoms with Gasteiger partial charge in [-0.15, -0.1) is 0 Å². The van der Waals surface area contributed by atoms with E-state index in [1.54, 1.807) is 37.4 Å². The van der Waals surface area contributed by atoms with Gasteiger partial charge >= 0.3 is 0 Å². The number of rotatable bonds is 10. The Morgan fingerprint density at radius 3 is 2.00 bits per heavy atom. The van der Waals surface area contributed by atoms with Crippen molar-refractivity contribution in [3.8, 4) is 17.2 Å². The molecule has 2 aromatic rings. The molecule has 0 atom stereocenters. The van der Waals surface area contributed by atoms with Crippen molar-refractivity contribution in [1.82, 2.24) is 10.6 Å². The molecule has 2 rings (SSSR count). The predicted molar refractivity (Wildman–Crippen MR) is 111 cm³/mol. The predicted octanol–water partition coefficient (Wildman–Crippen LogP) is 3.17. The number of ether oxygens (including phenoxy) is 3. The summed E-state index contributed by atoms with van der Waals surface area (Å²) in [5, 5.41) is 5.45. The van der Waals surface area contributed by atoms with Crippen molar-refractivity contribution in [2.45, 2.75) is 27.3 Å². The number of hydrogen-bond donors (Lipinski definition) is 2. The standard InChI is InChI=1S/C22H28N2O5/c1-5-27-18-12-17(13-19(28-6-2)20(18)29-7-3)22(26)24-14-15-9-8-10-16(11-15)21(25)23-4/h8-13H,5-7,14H2,1-4H3,(H,23,25)(H,24,26). The lowest BCUT2D eigenvalue weighted by molar-refractivity contribution is 0.0947. The van der Waals surface area contributed by atoms with Crippen LogP contribution >= 0.6 is 0 Å². The van der Waals surface area contributed by atoms with Crippen LogP contribution in [0, 0.1) is 0 Å². The van der Waals surface area contributed by atoms with E-state index in [2.05, 4.69) is 10.6 Å². The first-order valence-electron chi connectivity index (χ1n) is 9.69. The van der Waals surface area contributed by atoms with E-state index >= 15 is 0 Å². The first kappa shape index (κ1) is 22.1. The van der Waals surface area contributed by atoms with E-state index < -0.39 is 0 Å². The highest BCUT2D eigenvalue weighted by atomic mass is 16.5. The van der Waals surface area contributed by atoms with E-state index in [1.165, 1.54) is 0 Å². The molecular formula is C22H28N2O5. The molecule has 7 heteroatoms. The summed E-state index contributed by atoms with van der Waals surface area (Å²) in [7, 11) is 1.58. The first-order chi connectivity index (χ1) is 14.0. The number of carbonyl (C=O) groups excluding carboxylic acids is 2. The van der Waals surface area contributed by atoms with Gasteiger partial charge in [-0.1, -0.05) is 12.1 Å². The van der Waals surface area contributed by atoms with Crippen LogP contribution in [0.4, 0.5) is 0 Å². The third-order valence-corrected chi connectivity index (χ3v) is 4.04. The summed E-state index contributed by atoms with van der Waals surface area (Å²) in [5.41, 5.74) is 1.76. The molecule has 0 aliphatic heterocycles. The maximum absolute atomic E-state index is 12.7. The molecule has 0 aromatic heterocycles. The van der Waals surface area contributed by atoms with Gasteiger partial charge in [0.25, 0.3) is 11.8 Å². The Morgan fingerprint density at radius 1 is 0.828 bits per heavy atom. The van der Waals surface area contributed by atoms with Gasteiger partial charge in [0, 0.05) is 24.7 Å². The molecule has 0 heterocycles. The largest absolute Gasteiger partial charge is 0.490 e. The smallest absolute Gasteiger partial charge is 0.251 e. The van der Waals surface area contributed by atoms with Crippen molar-refractivity contribution in [1.29, 1.82) is 0 Å². The van der Waals surface area contributed by atoms with Crippen LogP contribution in [-0.4, -0.2) is 38.7 Å². The highest BCUT2D eigenvalue weighted by Crippen LogP contribution is 2.39. The second kappa shape index (κ2) is 10.9. The molecular weight excluding hydrogens is 372 g/mol. The Labute approximate surface area is 171 Å². The Hall–Kier alpha value is -3.22. The van der Waals surface area contributed by atoms with E-state index in [1.807, 2.05) is 26.8 Å². The van der Waals surface area contributed by atoms with Gasteiger partial charge in [-0.3, -0.25) is 9.59 Å². The first-order valence-corrected chi connectivity index (χ1v) is 9.69. The third-order valence-electron chi connectivity index (χ3n) is 4.04. The number of hydrogen-bond acceptors (Lipinski definition) is 5. The van der Waals surface area contributed by atoms with Gasteiger partial charge in [0.2, 0.25) is 5.75 Å². The number of carbonyl (C=O) groups is 2. The van der Waals surface area contributed by atoms with Crippen LogP contribution in [0.25, 0.3) is 0 Å². The van der Waals surface area contributed by atoms with Gasteiger partial charge in [0.15, 0.2) is 11.5 Å². The van der Waals surface area contributed by atoms with Crippen molar-refractivity contribution in [2.75, 3.05) is 26.9 Å². The van der Waals surface area contributed by atoms with Crippen LogP contribution in [0.2, 0.25) is 0 Å². The molecule has 7 nitrogen and oxygen atoms in total. The van der Waals surface area contributed by atoms with Crippen LogP contribution in [0.3, 0.4) is 0 Å². The van der Waals surface area contributed by atoms with Gasteiger partial charge in [-0.05, 0) is 50.6 Å². The minimum atomic E-state index is -0.277. The molecule has 0 saturated heterocycles. The van der Waals surface area contributed by atoms with Crippen molar-refractivity contribution >= 4 is 11.8 Å². The lowest BCUT2D eigenvalue weighted by atomic mass is 10.1. The molecule has 0 radical (unpaired) electrons. The molecule has 0 bridgehead atoms. The van der Waals surface area contributed by atoms with Gasteiger partial charge < -0.3 is 24.8 Å². The van der Waals surface area contributed by atoms with E-state index in [0.717, 1.165) is 5.56 Å². The summed E-state index contributed by atoms with van der Waals surface area (Å²) < 4.78 is 17.0. The SMILES string of the molecule is CCOc1cc(C(=O)NCc2cccc(C(=O)NC)c2)cc(OCC)c1OCC. The highest BCUT2D eigenvalue weighted by Gasteiger charge is 2.18. The molecule has 2 amide bonds. The van der Waals surface area contributed by atoms with Gasteiger partial charge in [0.05, 0.1) is 19.8 Å². The fourth-order valence-corrected chi connectivity index (χ4v) is 2.77. The lowest BCUT2D eigenvalue weighted by Gasteiger charge is -2.17. The zero-order chi connectivity index (χ0) is 21.2. The normalized spacial score (nSPS) is 10.2. The molecule has 0 fully saturated rings. The maximum Gasteiger partial charge on any atom is 0.251 e. The summed E-state index contributed by atoms with van der Waals surface area (Å²) in [6, 6.07) is 10.4. The van der Waals surface area contributed by atoms with Crippen LogP contribution in [0.1, 0.15) is 47.1 Å². The number of benzene rings is 2. The monoisotopic (exact) mass is 400 g/mol. The topological polar surface area (TPSA) is 85.9 Å². The molecule has 0 aliphatic rings. The molecule has 2 N–H and O–H groups in total. The van der Waals surface area contributed by atoms with Crippen molar-refractivity contribution in [2.24, 2.45) is 0 Å². The molecule has 0 saturated carbocycles. The second-order valence-corrected chi connectivity index (χ2v) is 6.06. The molecule has 0 aliphatic carbocycles. The minimum Gasteiger partial charge on any atom is -0.490 e. The van der Waals surface area contributed by atoms with Gasteiger partial charge in [-0.2, -0.15) is 0 Å². The molecule has 2 aromatic carbocycles. The van der Waals surface area contributed by atoms with Crippen LogP contribution in [-0.2, 0) is 6.54 Å². The third kappa shape index (κ3) is 5.88.